The first-order chi connectivity index (χ1) is 10.1. The average molecular weight is 287 g/mol. The Morgan fingerprint density at radius 3 is 2.86 bits per heavy atom. The summed E-state index contributed by atoms with van der Waals surface area (Å²) in [7, 11) is 0. The summed E-state index contributed by atoms with van der Waals surface area (Å²) in [6, 6.07) is 10.1. The highest BCUT2D eigenvalue weighted by molar-refractivity contribution is 5.96. The van der Waals surface area contributed by atoms with Crippen LogP contribution in [0.2, 0.25) is 0 Å². The number of nitrogens with one attached hydrogen (secondary N) is 1. The van der Waals surface area contributed by atoms with Crippen LogP contribution >= 0.6 is 0 Å². The maximum absolute atomic E-state index is 13.5. The molecule has 0 bridgehead atoms. The third-order valence-electron chi connectivity index (χ3n) is 2.89. The largest absolute Gasteiger partial charge is 0.482 e. The van der Waals surface area contributed by atoms with Gasteiger partial charge in [-0.3, -0.25) is 4.79 Å². The Hall–Kier alpha value is -2.89. The van der Waals surface area contributed by atoms with Gasteiger partial charge in [0.05, 0.1) is 11.3 Å². The van der Waals surface area contributed by atoms with E-state index in [1.807, 2.05) is 0 Å². The standard InChI is InChI=1S/C15H10FNO4/c16-11-4-2-1-3-10(11)15(19)21-9-5-6-13-12(7-9)17-14(18)8-20-13/h1-7H,8H2,(H,17,18). The number of halogens is 1. The molecule has 0 spiro atoms. The number of anilines is 1. The molecule has 1 N–H and O–H groups in total. The van der Waals surface area contributed by atoms with Gasteiger partial charge in [0.25, 0.3) is 5.91 Å². The van der Waals surface area contributed by atoms with E-state index in [2.05, 4.69) is 5.32 Å². The molecule has 0 saturated carbocycles. The van der Waals surface area contributed by atoms with Crippen molar-refractivity contribution in [1.29, 1.82) is 0 Å². The first kappa shape index (κ1) is 13.1. The molecule has 2 aromatic rings. The van der Waals surface area contributed by atoms with Crippen molar-refractivity contribution in [2.45, 2.75) is 0 Å². The summed E-state index contributed by atoms with van der Waals surface area (Å²) in [4.78, 5) is 23.1. The van der Waals surface area contributed by atoms with Crippen LogP contribution in [0.4, 0.5) is 10.1 Å². The molecular weight excluding hydrogens is 277 g/mol. The molecular formula is C15H10FNO4. The number of carbonyl (C=O) groups is 2. The Morgan fingerprint density at radius 2 is 2.05 bits per heavy atom. The van der Waals surface area contributed by atoms with Gasteiger partial charge in [-0.05, 0) is 24.3 Å². The van der Waals surface area contributed by atoms with Crippen molar-refractivity contribution in [3.8, 4) is 11.5 Å². The lowest BCUT2D eigenvalue weighted by Gasteiger charge is -2.18. The van der Waals surface area contributed by atoms with Crippen molar-refractivity contribution >= 4 is 17.6 Å². The minimum absolute atomic E-state index is 0.0542. The highest BCUT2D eigenvalue weighted by Gasteiger charge is 2.18. The Kier molecular flexibility index (Phi) is 3.27. The molecule has 1 aliphatic rings. The smallest absolute Gasteiger partial charge is 0.346 e. The van der Waals surface area contributed by atoms with Crippen molar-refractivity contribution in [3.63, 3.8) is 0 Å². The van der Waals surface area contributed by atoms with E-state index in [1.54, 1.807) is 12.1 Å². The molecule has 2 aromatic carbocycles. The second kappa shape index (κ2) is 5.24. The summed E-state index contributed by atoms with van der Waals surface area (Å²) < 4.78 is 23.8. The topological polar surface area (TPSA) is 64.6 Å². The van der Waals surface area contributed by atoms with Gasteiger partial charge in [-0.1, -0.05) is 12.1 Å². The van der Waals surface area contributed by atoms with Crippen LogP contribution in [0.25, 0.3) is 0 Å². The summed E-state index contributed by atoms with van der Waals surface area (Å²) in [5.74, 6) is -1.08. The van der Waals surface area contributed by atoms with Gasteiger partial charge in [0, 0.05) is 6.07 Å². The van der Waals surface area contributed by atoms with Crippen LogP contribution in [0.1, 0.15) is 10.4 Å². The van der Waals surface area contributed by atoms with Crippen LogP contribution in [0, 0.1) is 5.82 Å². The Labute approximate surface area is 119 Å². The van der Waals surface area contributed by atoms with Crippen LogP contribution in [0.15, 0.2) is 42.5 Å². The number of fused-ring (bicyclic) bond motifs is 1. The normalized spacial score (nSPS) is 12.9. The SMILES string of the molecule is O=C1COc2ccc(OC(=O)c3ccccc3F)cc2N1. The number of hydrogen-bond acceptors (Lipinski definition) is 4. The molecule has 106 valence electrons. The zero-order valence-electron chi connectivity index (χ0n) is 10.8. The van der Waals surface area contributed by atoms with Gasteiger partial charge in [-0.2, -0.15) is 0 Å². The van der Waals surface area contributed by atoms with Gasteiger partial charge >= 0.3 is 5.97 Å². The number of rotatable bonds is 2. The molecule has 1 aliphatic heterocycles. The average Bonchev–Trinajstić information content (AvgIpc) is 2.47. The first-order valence-corrected chi connectivity index (χ1v) is 6.17. The fourth-order valence-electron chi connectivity index (χ4n) is 1.91. The highest BCUT2D eigenvalue weighted by Crippen LogP contribution is 2.31. The fourth-order valence-corrected chi connectivity index (χ4v) is 1.91. The van der Waals surface area contributed by atoms with Crippen LogP contribution in [-0.2, 0) is 4.79 Å². The molecule has 1 amide bonds. The second-order valence-corrected chi connectivity index (χ2v) is 4.36. The molecule has 3 rings (SSSR count). The molecule has 0 atom stereocenters. The van der Waals surface area contributed by atoms with Crippen molar-refractivity contribution in [3.05, 3.63) is 53.8 Å². The van der Waals surface area contributed by atoms with E-state index < -0.39 is 11.8 Å². The van der Waals surface area contributed by atoms with E-state index in [-0.39, 0.29) is 23.8 Å². The summed E-state index contributed by atoms with van der Waals surface area (Å²) in [6.07, 6.45) is 0. The number of amides is 1. The molecule has 0 aromatic heterocycles. The first-order valence-electron chi connectivity index (χ1n) is 6.17. The van der Waals surface area contributed by atoms with Crippen LogP contribution < -0.4 is 14.8 Å². The number of esters is 1. The lowest BCUT2D eigenvalue weighted by molar-refractivity contribution is -0.118. The fraction of sp³-hybridized carbons (Fsp3) is 0.0667. The highest BCUT2D eigenvalue weighted by atomic mass is 19.1. The van der Waals surface area contributed by atoms with Gasteiger partial charge < -0.3 is 14.8 Å². The molecule has 6 heteroatoms. The van der Waals surface area contributed by atoms with Crippen molar-refractivity contribution in [2.24, 2.45) is 0 Å². The van der Waals surface area contributed by atoms with E-state index in [0.29, 0.717) is 11.4 Å². The summed E-state index contributed by atoms with van der Waals surface area (Å²) in [5, 5.41) is 2.60. The zero-order chi connectivity index (χ0) is 14.8. The molecule has 0 saturated heterocycles. The number of ether oxygens (including phenoxy) is 2. The Balaban J connectivity index is 1.82. The van der Waals surface area contributed by atoms with E-state index >= 15 is 0 Å². The quantitative estimate of drug-likeness (QED) is 0.680. The van der Waals surface area contributed by atoms with Crippen LogP contribution in [0.3, 0.4) is 0 Å². The molecule has 0 unspecified atom stereocenters. The molecule has 0 fully saturated rings. The third-order valence-corrected chi connectivity index (χ3v) is 2.89. The van der Waals surface area contributed by atoms with Gasteiger partial charge in [-0.25, -0.2) is 9.18 Å². The third kappa shape index (κ3) is 2.69. The second-order valence-electron chi connectivity index (χ2n) is 4.36. The maximum Gasteiger partial charge on any atom is 0.346 e. The molecule has 21 heavy (non-hydrogen) atoms. The molecule has 0 aliphatic carbocycles. The number of carbonyl (C=O) groups excluding carboxylic acids is 2. The van der Waals surface area contributed by atoms with Gasteiger partial charge in [-0.15, -0.1) is 0 Å². The summed E-state index contributed by atoms with van der Waals surface area (Å²) >= 11 is 0. The van der Waals surface area contributed by atoms with Crippen molar-refractivity contribution < 1.29 is 23.5 Å². The van der Waals surface area contributed by atoms with Gasteiger partial charge in [0.1, 0.15) is 17.3 Å². The Morgan fingerprint density at radius 1 is 1.24 bits per heavy atom. The van der Waals surface area contributed by atoms with Gasteiger partial charge in [0.15, 0.2) is 6.61 Å². The molecule has 1 heterocycles. The lowest BCUT2D eigenvalue weighted by Crippen LogP contribution is -2.25. The van der Waals surface area contributed by atoms with Crippen molar-refractivity contribution in [1.82, 2.24) is 0 Å². The summed E-state index contributed by atoms with van der Waals surface area (Å²) in [6.45, 7) is -0.0542. The van der Waals surface area contributed by atoms with E-state index in [9.17, 15) is 14.0 Å². The molecule has 5 nitrogen and oxygen atoms in total. The lowest BCUT2D eigenvalue weighted by atomic mass is 10.2. The zero-order valence-corrected chi connectivity index (χ0v) is 10.8. The monoisotopic (exact) mass is 287 g/mol. The van der Waals surface area contributed by atoms with Crippen molar-refractivity contribution in [2.75, 3.05) is 11.9 Å². The Bertz CT molecular complexity index is 729. The van der Waals surface area contributed by atoms with Gasteiger partial charge in [0.2, 0.25) is 0 Å². The van der Waals surface area contributed by atoms with Crippen LogP contribution in [0.5, 0.6) is 11.5 Å². The summed E-state index contributed by atoms with van der Waals surface area (Å²) in [5.41, 5.74) is 0.251. The number of hydrogen-bond donors (Lipinski definition) is 1. The van der Waals surface area contributed by atoms with E-state index in [4.69, 9.17) is 9.47 Å². The van der Waals surface area contributed by atoms with Crippen LogP contribution in [-0.4, -0.2) is 18.5 Å². The molecule has 0 radical (unpaired) electrons. The number of benzene rings is 2. The van der Waals surface area contributed by atoms with E-state index in [0.717, 1.165) is 0 Å². The minimum Gasteiger partial charge on any atom is -0.482 e. The predicted octanol–water partition coefficient (Wildman–Crippen LogP) is 2.38. The maximum atomic E-state index is 13.5. The van der Waals surface area contributed by atoms with E-state index in [1.165, 1.54) is 30.3 Å². The minimum atomic E-state index is -0.809. The predicted molar refractivity (Wildman–Crippen MR) is 71.9 cm³/mol.